The van der Waals surface area contributed by atoms with Gasteiger partial charge in [0.05, 0.1) is 19.8 Å². The molecule has 0 aliphatic rings. The van der Waals surface area contributed by atoms with E-state index in [1.807, 2.05) is 24.5 Å². The van der Waals surface area contributed by atoms with Gasteiger partial charge >= 0.3 is 12.0 Å². The molecule has 0 unspecified atom stereocenters. The highest BCUT2D eigenvalue weighted by molar-refractivity contribution is 5.67. The van der Waals surface area contributed by atoms with Gasteiger partial charge in [-0.3, -0.25) is 0 Å². The third-order valence-electron chi connectivity index (χ3n) is 3.72. The Hall–Kier alpha value is -2.07. The highest BCUT2D eigenvalue weighted by Crippen LogP contribution is 2.36. The van der Waals surface area contributed by atoms with Crippen LogP contribution in [0.4, 0.5) is 0 Å². The molecule has 0 atom stereocenters. The van der Waals surface area contributed by atoms with Crippen LogP contribution in [0, 0.1) is 5.92 Å². The van der Waals surface area contributed by atoms with Crippen LogP contribution in [0.1, 0.15) is 25.0 Å². The number of hydrogen-bond acceptors (Lipinski definition) is 3. The Morgan fingerprint density at radius 2 is 1.78 bits per heavy atom. The van der Waals surface area contributed by atoms with E-state index in [0.29, 0.717) is 24.0 Å². The van der Waals surface area contributed by atoms with Crippen LogP contribution in [0.5, 0.6) is 11.5 Å². The van der Waals surface area contributed by atoms with Gasteiger partial charge in [-0.2, -0.15) is 0 Å². The molecule has 2 aromatic rings. The van der Waals surface area contributed by atoms with Gasteiger partial charge in [0.1, 0.15) is 0 Å². The molecule has 1 aromatic heterocycles. The number of nitrogens with two attached hydrogens (primary N) is 1. The topological polar surface area (TPSA) is 55.8 Å². The summed E-state index contributed by atoms with van der Waals surface area (Å²) in [4.78, 5) is 0. The molecule has 0 saturated carbocycles. The Bertz CT molecular complexity index is 636. The summed E-state index contributed by atoms with van der Waals surface area (Å²) in [5.41, 5.74) is 9.02. The molecule has 1 heterocycles. The van der Waals surface area contributed by atoms with Gasteiger partial charge in [0.15, 0.2) is 11.5 Å². The summed E-state index contributed by atoms with van der Waals surface area (Å²) in [6.45, 7) is 4.96. The van der Waals surface area contributed by atoms with Crippen molar-refractivity contribution < 1.29 is 13.9 Å². The minimum Gasteiger partial charge on any atom is -0.493 e. The molecule has 0 amide bonds. The summed E-state index contributed by atoms with van der Waals surface area (Å²) in [5.74, 6) is 2.80. The third kappa shape index (κ3) is 4.23. The predicted octanol–water partition coefficient (Wildman–Crippen LogP) is 3.94. The van der Waals surface area contributed by atoms with E-state index in [0.717, 1.165) is 29.7 Å². The standard InChI is InChI=1S/C19H26NO3/c1-13(2)9-14-5-6-17(23-12-14)16-11-19(22-4)18(21-3)10-15(16)7-8-20/h5-6,10-13H,7-9,20H2,1-4H3/q+1. The molecule has 2 rings (SSSR count). The Balaban J connectivity index is 2.43. The van der Waals surface area contributed by atoms with Crippen molar-refractivity contribution in [2.75, 3.05) is 20.8 Å². The monoisotopic (exact) mass is 316 g/mol. The molecule has 23 heavy (non-hydrogen) atoms. The van der Waals surface area contributed by atoms with Crippen molar-refractivity contribution in [3.63, 3.8) is 0 Å². The maximum atomic E-state index is 5.87. The van der Waals surface area contributed by atoms with Crippen LogP contribution >= 0.6 is 0 Å². The molecule has 124 valence electrons. The molecule has 4 heteroatoms. The molecule has 0 spiro atoms. The molecular weight excluding hydrogens is 290 g/mol. The average Bonchev–Trinajstić information content (AvgIpc) is 2.55. The van der Waals surface area contributed by atoms with Crippen LogP contribution in [-0.4, -0.2) is 20.8 Å². The third-order valence-corrected chi connectivity index (χ3v) is 3.72. The second-order valence-electron chi connectivity index (χ2n) is 6.01. The lowest BCUT2D eigenvalue weighted by atomic mass is 10.00. The summed E-state index contributed by atoms with van der Waals surface area (Å²) in [6, 6.07) is 8.05. The van der Waals surface area contributed by atoms with Gasteiger partial charge in [0, 0.05) is 17.7 Å². The molecule has 0 bridgehead atoms. The van der Waals surface area contributed by atoms with Gasteiger partial charge in [0.2, 0.25) is 0 Å². The van der Waals surface area contributed by atoms with Crippen LogP contribution in [0.15, 0.2) is 34.9 Å². The first kappa shape index (κ1) is 17.3. The van der Waals surface area contributed by atoms with Crippen LogP contribution in [0.3, 0.4) is 0 Å². The van der Waals surface area contributed by atoms with E-state index in [-0.39, 0.29) is 0 Å². The van der Waals surface area contributed by atoms with Gasteiger partial charge in [-0.15, -0.1) is 0 Å². The molecular formula is C19H26NO3+. The summed E-state index contributed by atoms with van der Waals surface area (Å²) in [6.07, 6.45) is 3.59. The van der Waals surface area contributed by atoms with E-state index in [1.165, 1.54) is 5.56 Å². The van der Waals surface area contributed by atoms with E-state index >= 15 is 0 Å². The zero-order valence-corrected chi connectivity index (χ0v) is 14.4. The number of methoxy groups -OCH3 is 2. The van der Waals surface area contributed by atoms with Gasteiger partial charge in [-0.05, 0) is 43.0 Å². The Morgan fingerprint density at radius 3 is 2.30 bits per heavy atom. The largest absolute Gasteiger partial charge is 0.493 e. The summed E-state index contributed by atoms with van der Waals surface area (Å²) < 4.78 is 16.7. The van der Waals surface area contributed by atoms with Gasteiger partial charge in [-0.25, -0.2) is 4.42 Å². The minimum atomic E-state index is 0.563. The van der Waals surface area contributed by atoms with E-state index in [1.54, 1.807) is 14.2 Å². The van der Waals surface area contributed by atoms with Crippen molar-refractivity contribution in [3.05, 3.63) is 41.7 Å². The van der Waals surface area contributed by atoms with Crippen molar-refractivity contribution in [2.24, 2.45) is 11.7 Å². The maximum absolute atomic E-state index is 5.87. The first-order valence-corrected chi connectivity index (χ1v) is 7.95. The lowest BCUT2D eigenvalue weighted by Gasteiger charge is -2.11. The molecule has 0 radical (unpaired) electrons. The fourth-order valence-electron chi connectivity index (χ4n) is 2.65. The number of rotatable bonds is 7. The van der Waals surface area contributed by atoms with E-state index < -0.39 is 0 Å². The van der Waals surface area contributed by atoms with Crippen LogP contribution in [-0.2, 0) is 12.8 Å². The minimum absolute atomic E-state index is 0.563. The van der Waals surface area contributed by atoms with E-state index in [4.69, 9.17) is 19.6 Å². The fourth-order valence-corrected chi connectivity index (χ4v) is 2.65. The quantitative estimate of drug-likeness (QED) is 0.786. The van der Waals surface area contributed by atoms with E-state index in [2.05, 4.69) is 19.9 Å². The van der Waals surface area contributed by atoms with Crippen molar-refractivity contribution >= 4 is 0 Å². The van der Waals surface area contributed by atoms with Crippen molar-refractivity contribution in [1.82, 2.24) is 0 Å². The van der Waals surface area contributed by atoms with Gasteiger partial charge in [0.25, 0.3) is 0 Å². The number of ether oxygens (including phenoxy) is 2. The lowest BCUT2D eigenvalue weighted by Crippen LogP contribution is -2.05. The normalized spacial score (nSPS) is 10.9. The van der Waals surface area contributed by atoms with Crippen LogP contribution in [0.25, 0.3) is 11.3 Å². The Labute approximate surface area is 138 Å². The molecule has 0 aliphatic heterocycles. The zero-order chi connectivity index (χ0) is 16.8. The second kappa shape index (κ2) is 7.97. The smallest absolute Gasteiger partial charge is 0.360 e. The first-order valence-electron chi connectivity index (χ1n) is 7.95. The number of hydrogen-bond donors (Lipinski definition) is 1. The van der Waals surface area contributed by atoms with Crippen molar-refractivity contribution in [3.8, 4) is 22.8 Å². The van der Waals surface area contributed by atoms with E-state index in [9.17, 15) is 0 Å². The fraction of sp³-hybridized carbons (Fsp3) is 0.421. The molecule has 0 fully saturated rings. The lowest BCUT2D eigenvalue weighted by molar-refractivity contribution is 0.354. The highest BCUT2D eigenvalue weighted by atomic mass is 16.5. The van der Waals surface area contributed by atoms with Gasteiger partial charge < -0.3 is 15.2 Å². The summed E-state index contributed by atoms with van der Waals surface area (Å²) in [7, 11) is 3.27. The van der Waals surface area contributed by atoms with Crippen molar-refractivity contribution in [1.29, 1.82) is 0 Å². The highest BCUT2D eigenvalue weighted by Gasteiger charge is 2.20. The predicted molar refractivity (Wildman–Crippen MR) is 93.0 cm³/mol. The molecule has 1 aromatic carbocycles. The Morgan fingerprint density at radius 1 is 1.09 bits per heavy atom. The zero-order valence-electron chi connectivity index (χ0n) is 14.4. The first-order chi connectivity index (χ1) is 11.1. The van der Waals surface area contributed by atoms with Crippen LogP contribution < -0.4 is 15.2 Å². The second-order valence-corrected chi connectivity index (χ2v) is 6.01. The molecule has 4 nitrogen and oxygen atoms in total. The SMILES string of the molecule is COc1cc(CCN)c(-c2ccc(CC(C)C)c[o+]2)cc1OC. The van der Waals surface area contributed by atoms with Gasteiger partial charge in [-0.1, -0.05) is 13.8 Å². The summed E-state index contributed by atoms with van der Waals surface area (Å²) >= 11 is 0. The molecule has 0 aliphatic carbocycles. The Kier molecular flexibility index (Phi) is 5.99. The number of benzene rings is 1. The van der Waals surface area contributed by atoms with Crippen LogP contribution in [0.2, 0.25) is 0 Å². The molecule has 0 saturated heterocycles. The maximum Gasteiger partial charge on any atom is 0.360 e. The average molecular weight is 316 g/mol. The molecule has 2 N–H and O–H groups in total. The summed E-state index contributed by atoms with van der Waals surface area (Å²) in [5, 5.41) is 0. The van der Waals surface area contributed by atoms with Crippen molar-refractivity contribution in [2.45, 2.75) is 26.7 Å².